The Morgan fingerprint density at radius 1 is 1.27 bits per heavy atom. The van der Waals surface area contributed by atoms with Crippen LogP contribution in [0, 0.1) is 0 Å². The molecule has 6 nitrogen and oxygen atoms in total. The quantitative estimate of drug-likeness (QED) is 0.683. The molecule has 1 aromatic carbocycles. The number of benzene rings is 1. The summed E-state index contributed by atoms with van der Waals surface area (Å²) in [6.07, 6.45) is 2.06. The molecule has 1 aliphatic heterocycles. The van der Waals surface area contributed by atoms with Crippen molar-refractivity contribution < 1.29 is 19.0 Å². The Morgan fingerprint density at radius 3 is 2.65 bits per heavy atom. The fourth-order valence-electron chi connectivity index (χ4n) is 2.93. The second-order valence-corrected chi connectivity index (χ2v) is 7.16. The highest BCUT2D eigenvalue weighted by Gasteiger charge is 2.28. The van der Waals surface area contributed by atoms with Gasteiger partial charge >= 0.3 is 0 Å². The van der Waals surface area contributed by atoms with Crippen molar-refractivity contribution in [1.29, 1.82) is 0 Å². The van der Waals surface area contributed by atoms with E-state index < -0.39 is 0 Å². The van der Waals surface area contributed by atoms with Crippen molar-refractivity contribution in [2.24, 2.45) is 0 Å². The van der Waals surface area contributed by atoms with Gasteiger partial charge in [-0.2, -0.15) is 0 Å². The zero-order valence-electron chi connectivity index (χ0n) is 16.5. The number of unbranched alkanes of at least 4 members (excludes halogenated alkanes) is 1. The van der Waals surface area contributed by atoms with Crippen LogP contribution in [-0.4, -0.2) is 62.9 Å². The average molecular weight is 364 g/mol. The second kappa shape index (κ2) is 9.78. The van der Waals surface area contributed by atoms with E-state index in [0.717, 1.165) is 39.1 Å². The van der Waals surface area contributed by atoms with Gasteiger partial charge in [-0.1, -0.05) is 13.3 Å². The number of ether oxygens (including phenoxy) is 3. The number of carbonyl (C=O) groups excluding carboxylic acids is 1. The zero-order valence-corrected chi connectivity index (χ0v) is 16.5. The Balaban J connectivity index is 1.95. The normalized spacial score (nSPS) is 15.5. The summed E-state index contributed by atoms with van der Waals surface area (Å²) in [5.41, 5.74) is 0.453. The van der Waals surface area contributed by atoms with Gasteiger partial charge in [0.05, 0.1) is 26.9 Å². The van der Waals surface area contributed by atoms with E-state index in [4.69, 9.17) is 14.2 Å². The van der Waals surface area contributed by atoms with Crippen molar-refractivity contribution in [2.75, 3.05) is 46.6 Å². The molecule has 0 saturated carbocycles. The highest BCUT2D eigenvalue weighted by atomic mass is 16.5. The Labute approximate surface area is 156 Å². The first kappa shape index (κ1) is 20.5. The van der Waals surface area contributed by atoms with E-state index in [1.165, 1.54) is 0 Å². The molecule has 2 rings (SSSR count). The van der Waals surface area contributed by atoms with E-state index >= 15 is 0 Å². The van der Waals surface area contributed by atoms with Crippen LogP contribution in [0.2, 0.25) is 0 Å². The minimum Gasteiger partial charge on any atom is -0.493 e. The molecular weight excluding hydrogens is 332 g/mol. The number of nitrogens with one attached hydrogen (secondary N) is 1. The number of carbonyl (C=O) groups is 1. The fraction of sp³-hybridized carbons (Fsp3) is 0.650. The summed E-state index contributed by atoms with van der Waals surface area (Å²) < 4.78 is 16.5. The van der Waals surface area contributed by atoms with Crippen molar-refractivity contribution in [2.45, 2.75) is 39.2 Å². The van der Waals surface area contributed by atoms with Gasteiger partial charge in [-0.05, 0) is 38.5 Å². The molecule has 6 heteroatoms. The van der Waals surface area contributed by atoms with Crippen molar-refractivity contribution >= 4 is 5.91 Å². The molecule has 1 aliphatic rings. The van der Waals surface area contributed by atoms with E-state index in [1.54, 1.807) is 25.3 Å². The fourth-order valence-corrected chi connectivity index (χ4v) is 2.93. The van der Waals surface area contributed by atoms with Gasteiger partial charge in [0, 0.05) is 30.7 Å². The lowest BCUT2D eigenvalue weighted by Crippen LogP contribution is -2.55. The summed E-state index contributed by atoms with van der Waals surface area (Å²) in [5, 5.41) is 3.04. The van der Waals surface area contributed by atoms with Crippen LogP contribution < -0.4 is 14.8 Å². The summed E-state index contributed by atoms with van der Waals surface area (Å²) in [6.45, 7) is 10.9. The first-order chi connectivity index (χ1) is 12.5. The lowest BCUT2D eigenvalue weighted by molar-refractivity contribution is -0.00923. The molecule has 26 heavy (non-hydrogen) atoms. The van der Waals surface area contributed by atoms with Crippen molar-refractivity contribution in [3.05, 3.63) is 23.8 Å². The third-order valence-electron chi connectivity index (χ3n) is 4.73. The Morgan fingerprint density at radius 2 is 2.00 bits per heavy atom. The maximum atomic E-state index is 12.6. The highest BCUT2D eigenvalue weighted by molar-refractivity contribution is 5.94. The number of amides is 1. The van der Waals surface area contributed by atoms with Crippen LogP contribution in [0.15, 0.2) is 18.2 Å². The summed E-state index contributed by atoms with van der Waals surface area (Å²) in [6, 6.07) is 5.32. The summed E-state index contributed by atoms with van der Waals surface area (Å²) >= 11 is 0. The van der Waals surface area contributed by atoms with Gasteiger partial charge in [-0.25, -0.2) is 0 Å². The second-order valence-electron chi connectivity index (χ2n) is 7.16. The third kappa shape index (κ3) is 5.61. The first-order valence-corrected chi connectivity index (χ1v) is 9.39. The lowest BCUT2D eigenvalue weighted by Gasteiger charge is -2.40. The van der Waals surface area contributed by atoms with Crippen LogP contribution in [0.25, 0.3) is 0 Å². The van der Waals surface area contributed by atoms with E-state index in [0.29, 0.717) is 30.2 Å². The number of morpholine rings is 1. The van der Waals surface area contributed by atoms with Crippen LogP contribution in [-0.2, 0) is 4.74 Å². The highest BCUT2D eigenvalue weighted by Crippen LogP contribution is 2.28. The molecule has 1 heterocycles. The number of rotatable bonds is 9. The molecule has 0 spiro atoms. The van der Waals surface area contributed by atoms with E-state index in [2.05, 4.69) is 31.0 Å². The van der Waals surface area contributed by atoms with Crippen molar-refractivity contribution in [1.82, 2.24) is 10.2 Å². The predicted molar refractivity (Wildman–Crippen MR) is 102 cm³/mol. The molecule has 0 radical (unpaired) electrons. The molecule has 1 amide bonds. The number of hydrogen-bond acceptors (Lipinski definition) is 5. The van der Waals surface area contributed by atoms with Crippen LogP contribution in [0.4, 0.5) is 0 Å². The SMILES string of the molecule is CCCCOc1ccc(C(=O)NCC(C)(C)N2CCOCC2)cc1OC. The molecule has 0 aliphatic carbocycles. The predicted octanol–water partition coefficient (Wildman–Crippen LogP) is 2.71. The molecule has 1 saturated heterocycles. The Bertz CT molecular complexity index is 583. The summed E-state index contributed by atoms with van der Waals surface area (Å²) in [5.74, 6) is 1.15. The number of methoxy groups -OCH3 is 1. The maximum Gasteiger partial charge on any atom is 0.251 e. The van der Waals surface area contributed by atoms with Crippen LogP contribution in [0.1, 0.15) is 44.0 Å². The largest absolute Gasteiger partial charge is 0.493 e. The minimum atomic E-state index is -0.118. The molecule has 146 valence electrons. The van der Waals surface area contributed by atoms with Crippen LogP contribution in [0.5, 0.6) is 11.5 Å². The Kier molecular flexibility index (Phi) is 7.72. The molecule has 1 aromatic rings. The van der Waals surface area contributed by atoms with Crippen LogP contribution >= 0.6 is 0 Å². The molecular formula is C20H32N2O4. The van der Waals surface area contributed by atoms with Gasteiger partial charge in [0.2, 0.25) is 0 Å². The van der Waals surface area contributed by atoms with Gasteiger partial charge in [-0.3, -0.25) is 9.69 Å². The summed E-state index contributed by atoms with van der Waals surface area (Å²) in [4.78, 5) is 14.9. The zero-order chi connectivity index (χ0) is 19.0. The topological polar surface area (TPSA) is 60.0 Å². The van der Waals surface area contributed by atoms with Gasteiger partial charge in [0.15, 0.2) is 11.5 Å². The molecule has 1 N–H and O–H groups in total. The Hall–Kier alpha value is -1.79. The average Bonchev–Trinajstić information content (AvgIpc) is 2.67. The van der Waals surface area contributed by atoms with E-state index in [9.17, 15) is 4.79 Å². The van der Waals surface area contributed by atoms with Gasteiger partial charge in [0.25, 0.3) is 5.91 Å². The molecule has 0 atom stereocenters. The van der Waals surface area contributed by atoms with Crippen molar-refractivity contribution in [3.63, 3.8) is 0 Å². The van der Waals surface area contributed by atoms with Gasteiger partial charge in [0.1, 0.15) is 0 Å². The number of nitrogens with zero attached hydrogens (tertiary/aromatic N) is 1. The van der Waals surface area contributed by atoms with Crippen LogP contribution in [0.3, 0.4) is 0 Å². The first-order valence-electron chi connectivity index (χ1n) is 9.39. The van der Waals surface area contributed by atoms with E-state index in [-0.39, 0.29) is 11.4 Å². The van der Waals surface area contributed by atoms with Gasteiger partial charge in [-0.15, -0.1) is 0 Å². The smallest absolute Gasteiger partial charge is 0.251 e. The number of hydrogen-bond donors (Lipinski definition) is 1. The standard InChI is InChI=1S/C20H32N2O4/c1-5-6-11-26-17-8-7-16(14-18(17)24-4)19(23)21-15-20(2,3)22-9-12-25-13-10-22/h7-8,14H,5-6,9-13,15H2,1-4H3,(H,21,23). The lowest BCUT2D eigenvalue weighted by atomic mass is 10.0. The maximum absolute atomic E-state index is 12.6. The van der Waals surface area contributed by atoms with Gasteiger partial charge < -0.3 is 19.5 Å². The molecule has 0 aromatic heterocycles. The monoisotopic (exact) mass is 364 g/mol. The molecule has 0 bridgehead atoms. The minimum absolute atomic E-state index is 0.107. The third-order valence-corrected chi connectivity index (χ3v) is 4.73. The van der Waals surface area contributed by atoms with Crippen molar-refractivity contribution in [3.8, 4) is 11.5 Å². The summed E-state index contributed by atoms with van der Waals surface area (Å²) in [7, 11) is 1.59. The molecule has 0 unspecified atom stereocenters. The van der Waals surface area contributed by atoms with E-state index in [1.807, 2.05) is 0 Å². The molecule has 1 fully saturated rings.